The van der Waals surface area contributed by atoms with Gasteiger partial charge in [-0.3, -0.25) is 0 Å². The number of nitrogens with zero attached hydrogens (tertiary/aromatic N) is 1. The largest absolute Gasteiger partial charge is 0.508 e. The maximum absolute atomic E-state index is 9.58. The second-order valence-corrected chi connectivity index (χ2v) is 6.02. The summed E-state index contributed by atoms with van der Waals surface area (Å²) in [6.45, 7) is 7.41. The summed E-state index contributed by atoms with van der Waals surface area (Å²) in [5, 5.41) is 22.7. The highest BCUT2D eigenvalue weighted by Gasteiger charge is 2.21. The zero-order valence-corrected chi connectivity index (χ0v) is 13.9. The van der Waals surface area contributed by atoms with Crippen LogP contribution in [0.1, 0.15) is 45.2 Å². The van der Waals surface area contributed by atoms with E-state index in [1.165, 1.54) is 18.9 Å². The van der Waals surface area contributed by atoms with Crippen molar-refractivity contribution in [2.24, 2.45) is 5.92 Å². The Morgan fingerprint density at radius 3 is 2.00 bits per heavy atom. The van der Waals surface area contributed by atoms with Crippen LogP contribution in [0.2, 0.25) is 0 Å². The minimum Gasteiger partial charge on any atom is -0.508 e. The number of hydrogen-bond donors (Lipinski definition) is 3. The third-order valence-electron chi connectivity index (χ3n) is 4.31. The summed E-state index contributed by atoms with van der Waals surface area (Å²) in [5.74, 6) is 0.864. The molecule has 2 unspecified atom stereocenters. The molecule has 3 N–H and O–H groups in total. The van der Waals surface area contributed by atoms with Crippen LogP contribution in [0.5, 0.6) is 11.5 Å². The molecule has 1 aromatic carbocycles. The second-order valence-electron chi connectivity index (χ2n) is 6.02. The van der Waals surface area contributed by atoms with Gasteiger partial charge in [-0.2, -0.15) is 0 Å². The van der Waals surface area contributed by atoms with E-state index in [0.29, 0.717) is 12.0 Å². The second kappa shape index (κ2) is 8.25. The molecule has 0 aliphatic rings. The van der Waals surface area contributed by atoms with Gasteiger partial charge in [-0.15, -0.1) is 0 Å². The predicted molar refractivity (Wildman–Crippen MR) is 87.7 cm³/mol. The third-order valence-corrected chi connectivity index (χ3v) is 4.31. The summed E-state index contributed by atoms with van der Waals surface area (Å²) >= 11 is 0. The first-order valence-electron chi connectivity index (χ1n) is 7.81. The van der Waals surface area contributed by atoms with E-state index < -0.39 is 0 Å². The maximum atomic E-state index is 9.58. The van der Waals surface area contributed by atoms with Crippen molar-refractivity contribution in [1.82, 2.24) is 10.2 Å². The van der Waals surface area contributed by atoms with Gasteiger partial charge in [0.15, 0.2) is 0 Å². The molecule has 0 heterocycles. The van der Waals surface area contributed by atoms with Gasteiger partial charge in [-0.25, -0.2) is 0 Å². The lowest BCUT2D eigenvalue weighted by Gasteiger charge is -2.32. The highest BCUT2D eigenvalue weighted by atomic mass is 16.3. The van der Waals surface area contributed by atoms with E-state index >= 15 is 0 Å². The Kier molecular flexibility index (Phi) is 6.99. The van der Waals surface area contributed by atoms with Crippen molar-refractivity contribution in [3.8, 4) is 11.5 Å². The van der Waals surface area contributed by atoms with E-state index in [1.807, 2.05) is 6.92 Å². The molecule has 2 atom stereocenters. The van der Waals surface area contributed by atoms with Crippen LogP contribution < -0.4 is 5.32 Å². The zero-order valence-electron chi connectivity index (χ0n) is 13.9. The summed E-state index contributed by atoms with van der Waals surface area (Å²) in [4.78, 5) is 2.28. The van der Waals surface area contributed by atoms with Crippen LogP contribution >= 0.6 is 0 Å². The Bertz CT molecular complexity index is 411. The molecule has 0 radical (unpaired) electrons. The summed E-state index contributed by atoms with van der Waals surface area (Å²) in [6.07, 6.45) is 2.34. The van der Waals surface area contributed by atoms with Crippen molar-refractivity contribution in [2.45, 2.75) is 45.7 Å². The lowest BCUT2D eigenvalue weighted by molar-refractivity contribution is 0.190. The molecule has 21 heavy (non-hydrogen) atoms. The Hall–Kier alpha value is -1.26. The van der Waals surface area contributed by atoms with E-state index in [1.54, 1.807) is 12.1 Å². The molecule has 120 valence electrons. The molecule has 0 aromatic heterocycles. The predicted octanol–water partition coefficient (Wildman–Crippen LogP) is 3.11. The highest BCUT2D eigenvalue weighted by molar-refractivity contribution is 5.37. The summed E-state index contributed by atoms with van der Waals surface area (Å²) in [5.41, 5.74) is 0.898. The van der Waals surface area contributed by atoms with E-state index in [4.69, 9.17) is 0 Å². The normalized spacial score (nSPS) is 14.6. The topological polar surface area (TPSA) is 55.7 Å². The molecule has 1 aromatic rings. The van der Waals surface area contributed by atoms with Gasteiger partial charge >= 0.3 is 0 Å². The molecule has 4 nitrogen and oxygen atoms in total. The minimum absolute atomic E-state index is 0.0832. The average Bonchev–Trinajstić information content (AvgIpc) is 2.41. The Labute approximate surface area is 128 Å². The molecule has 0 amide bonds. The molecule has 0 bridgehead atoms. The van der Waals surface area contributed by atoms with Crippen molar-refractivity contribution >= 4 is 0 Å². The number of likely N-dealkylation sites (N-methyl/N-ethyl adjacent to an activating group) is 1. The first kappa shape index (κ1) is 17.8. The van der Waals surface area contributed by atoms with Crippen LogP contribution in [-0.4, -0.2) is 41.8 Å². The van der Waals surface area contributed by atoms with Gasteiger partial charge in [0, 0.05) is 24.7 Å². The molecule has 1 rings (SSSR count). The van der Waals surface area contributed by atoms with Gasteiger partial charge in [0.05, 0.1) is 0 Å². The fourth-order valence-corrected chi connectivity index (χ4v) is 2.89. The molecule has 0 saturated heterocycles. The van der Waals surface area contributed by atoms with Gasteiger partial charge in [0.1, 0.15) is 11.5 Å². The monoisotopic (exact) mass is 294 g/mol. The summed E-state index contributed by atoms with van der Waals surface area (Å²) in [7, 11) is 4.24. The van der Waals surface area contributed by atoms with Gasteiger partial charge in [0.25, 0.3) is 0 Å². The Morgan fingerprint density at radius 1 is 1.05 bits per heavy atom. The van der Waals surface area contributed by atoms with Crippen molar-refractivity contribution in [3.05, 3.63) is 23.8 Å². The first-order chi connectivity index (χ1) is 9.88. The van der Waals surface area contributed by atoms with Crippen LogP contribution in [0.3, 0.4) is 0 Å². The van der Waals surface area contributed by atoms with E-state index in [-0.39, 0.29) is 17.5 Å². The SMILES string of the molecule is CCC(CC)C(CNC(C)c1cc(O)cc(O)c1)N(C)C. The van der Waals surface area contributed by atoms with Crippen LogP contribution in [0.15, 0.2) is 18.2 Å². The lowest BCUT2D eigenvalue weighted by Crippen LogP contribution is -2.43. The number of hydrogen-bond acceptors (Lipinski definition) is 4. The lowest BCUT2D eigenvalue weighted by atomic mass is 9.93. The number of phenolic OH excluding ortho intramolecular Hbond substituents is 2. The van der Waals surface area contributed by atoms with Crippen LogP contribution in [0.4, 0.5) is 0 Å². The van der Waals surface area contributed by atoms with Gasteiger partial charge in [-0.1, -0.05) is 26.7 Å². The zero-order chi connectivity index (χ0) is 16.0. The molecular weight excluding hydrogens is 264 g/mol. The number of rotatable bonds is 8. The van der Waals surface area contributed by atoms with E-state index in [9.17, 15) is 10.2 Å². The van der Waals surface area contributed by atoms with Gasteiger partial charge < -0.3 is 20.4 Å². The van der Waals surface area contributed by atoms with Crippen molar-refractivity contribution in [3.63, 3.8) is 0 Å². The van der Waals surface area contributed by atoms with Crippen molar-refractivity contribution in [2.75, 3.05) is 20.6 Å². The van der Waals surface area contributed by atoms with Crippen LogP contribution in [0.25, 0.3) is 0 Å². The maximum Gasteiger partial charge on any atom is 0.119 e. The van der Waals surface area contributed by atoms with Crippen LogP contribution in [0, 0.1) is 5.92 Å². The molecule has 0 aliphatic heterocycles. The minimum atomic E-state index is 0.0832. The van der Waals surface area contributed by atoms with E-state index in [0.717, 1.165) is 12.1 Å². The fourth-order valence-electron chi connectivity index (χ4n) is 2.89. The molecule has 0 spiro atoms. The number of nitrogens with one attached hydrogen (secondary N) is 1. The fraction of sp³-hybridized carbons (Fsp3) is 0.647. The molecule has 0 saturated carbocycles. The number of phenols is 2. The summed E-state index contributed by atoms with van der Waals surface area (Å²) < 4.78 is 0. The van der Waals surface area contributed by atoms with Gasteiger partial charge in [0.2, 0.25) is 0 Å². The molecule has 0 fully saturated rings. The Balaban J connectivity index is 2.70. The average molecular weight is 294 g/mol. The Morgan fingerprint density at radius 2 is 1.57 bits per heavy atom. The third kappa shape index (κ3) is 5.21. The molecular formula is C17H30N2O2. The van der Waals surface area contributed by atoms with Crippen molar-refractivity contribution in [1.29, 1.82) is 0 Å². The standard InChI is InChI=1S/C17H30N2O2/c1-6-13(7-2)17(19(4)5)11-18-12(3)14-8-15(20)10-16(21)9-14/h8-10,12-13,17-18,20-21H,6-7,11H2,1-5H3. The first-order valence-corrected chi connectivity index (χ1v) is 7.81. The number of benzene rings is 1. The summed E-state index contributed by atoms with van der Waals surface area (Å²) in [6, 6.07) is 5.30. The highest BCUT2D eigenvalue weighted by Crippen LogP contribution is 2.25. The molecule has 4 heteroatoms. The molecule has 0 aliphatic carbocycles. The van der Waals surface area contributed by atoms with E-state index in [2.05, 4.69) is 38.2 Å². The van der Waals surface area contributed by atoms with Gasteiger partial charge in [-0.05, 0) is 44.6 Å². The smallest absolute Gasteiger partial charge is 0.119 e. The number of aromatic hydroxyl groups is 2. The quantitative estimate of drug-likeness (QED) is 0.689. The van der Waals surface area contributed by atoms with Crippen molar-refractivity contribution < 1.29 is 10.2 Å². The van der Waals surface area contributed by atoms with Crippen LogP contribution in [-0.2, 0) is 0 Å².